The molecule has 2 aromatic carbocycles. The molecular formula is C22H18Cl2N2O2S2. The fourth-order valence-electron chi connectivity index (χ4n) is 4.29. The van der Waals surface area contributed by atoms with Gasteiger partial charge >= 0.3 is 0 Å². The van der Waals surface area contributed by atoms with Crippen LogP contribution in [0, 0.1) is 11.8 Å². The molecule has 2 fully saturated rings. The molecule has 1 aliphatic carbocycles. The number of aromatic nitrogens is 1. The van der Waals surface area contributed by atoms with Crippen molar-refractivity contribution in [3.05, 3.63) is 52.0 Å². The van der Waals surface area contributed by atoms with Gasteiger partial charge in [-0.2, -0.15) is 0 Å². The molecule has 0 bridgehead atoms. The minimum Gasteiger partial charge on any atom is -0.274 e. The summed E-state index contributed by atoms with van der Waals surface area (Å²) in [5.74, 6) is 0.327. The summed E-state index contributed by atoms with van der Waals surface area (Å²) in [5, 5.41) is 1.26. The number of carbonyl (C=O) groups excluding carboxylic acids is 2. The van der Waals surface area contributed by atoms with E-state index in [0.29, 0.717) is 21.5 Å². The van der Waals surface area contributed by atoms with Crippen molar-refractivity contribution in [1.29, 1.82) is 0 Å². The molecule has 2 aliphatic rings. The Balaban J connectivity index is 1.38. The van der Waals surface area contributed by atoms with Crippen molar-refractivity contribution in [1.82, 2.24) is 4.98 Å². The van der Waals surface area contributed by atoms with E-state index in [4.69, 9.17) is 23.2 Å². The molecule has 1 saturated carbocycles. The van der Waals surface area contributed by atoms with Crippen molar-refractivity contribution in [2.24, 2.45) is 11.8 Å². The number of nitrogens with zero attached hydrogens (tertiary/aromatic N) is 2. The minimum atomic E-state index is -0.140. The van der Waals surface area contributed by atoms with E-state index in [2.05, 4.69) is 4.98 Å². The highest BCUT2D eigenvalue weighted by Gasteiger charge is 2.48. The standard InChI is InChI=1S/C22H18Cl2N2O2S2/c23-13-6-5-12(17(24)9-13)11-29-22-25-18-8-7-14(10-19(18)30-22)26-20(27)15-3-1-2-4-16(15)21(26)28/h5-10,15-16H,1-4,11H2/t15-,16-/m1/s1. The first-order valence-corrected chi connectivity index (χ1v) is 12.4. The van der Waals surface area contributed by atoms with E-state index in [0.717, 1.165) is 45.8 Å². The summed E-state index contributed by atoms with van der Waals surface area (Å²) in [5.41, 5.74) is 2.53. The number of thioether (sulfide) groups is 1. The Morgan fingerprint density at radius 3 is 2.47 bits per heavy atom. The molecule has 2 heterocycles. The number of benzene rings is 2. The summed E-state index contributed by atoms with van der Waals surface area (Å²) in [6, 6.07) is 11.1. The number of anilines is 1. The van der Waals surface area contributed by atoms with Crippen LogP contribution in [0.2, 0.25) is 10.0 Å². The molecule has 1 saturated heterocycles. The average Bonchev–Trinajstić information content (AvgIpc) is 3.25. The Labute approximate surface area is 192 Å². The van der Waals surface area contributed by atoms with Crippen molar-refractivity contribution in [3.63, 3.8) is 0 Å². The molecule has 5 rings (SSSR count). The van der Waals surface area contributed by atoms with Crippen LogP contribution < -0.4 is 4.90 Å². The predicted molar refractivity (Wildman–Crippen MR) is 124 cm³/mol. The van der Waals surface area contributed by atoms with Crippen LogP contribution in [0.15, 0.2) is 40.7 Å². The number of thiazole rings is 1. The van der Waals surface area contributed by atoms with Crippen molar-refractivity contribution in [3.8, 4) is 0 Å². The summed E-state index contributed by atoms with van der Waals surface area (Å²) in [7, 11) is 0. The lowest BCUT2D eigenvalue weighted by Crippen LogP contribution is -2.30. The Morgan fingerprint density at radius 1 is 1.03 bits per heavy atom. The molecule has 3 aromatic rings. The number of imide groups is 1. The average molecular weight is 477 g/mol. The second kappa shape index (κ2) is 8.15. The summed E-state index contributed by atoms with van der Waals surface area (Å²) in [4.78, 5) is 31.8. The van der Waals surface area contributed by atoms with Gasteiger partial charge in [0, 0.05) is 15.8 Å². The molecule has 0 spiro atoms. The highest BCUT2D eigenvalue weighted by Crippen LogP contribution is 2.41. The third-order valence-electron chi connectivity index (χ3n) is 5.82. The van der Waals surface area contributed by atoms with Crippen LogP contribution in [-0.4, -0.2) is 16.8 Å². The molecule has 0 N–H and O–H groups in total. The third-order valence-corrected chi connectivity index (χ3v) is 8.61. The second-order valence-electron chi connectivity index (χ2n) is 7.67. The quantitative estimate of drug-likeness (QED) is 0.315. The molecule has 0 unspecified atom stereocenters. The smallest absolute Gasteiger partial charge is 0.237 e. The maximum Gasteiger partial charge on any atom is 0.237 e. The van der Waals surface area contributed by atoms with Gasteiger partial charge in [0.1, 0.15) is 0 Å². The number of amides is 2. The van der Waals surface area contributed by atoms with Gasteiger partial charge in [0.15, 0.2) is 4.34 Å². The summed E-state index contributed by atoms with van der Waals surface area (Å²) < 4.78 is 1.88. The van der Waals surface area contributed by atoms with E-state index < -0.39 is 0 Å². The van der Waals surface area contributed by atoms with Crippen molar-refractivity contribution < 1.29 is 9.59 Å². The fraction of sp³-hybridized carbons (Fsp3) is 0.318. The maximum absolute atomic E-state index is 12.9. The summed E-state index contributed by atoms with van der Waals surface area (Å²) >= 11 is 15.4. The number of carbonyl (C=O) groups is 2. The molecule has 2 amide bonds. The third kappa shape index (κ3) is 3.64. The maximum atomic E-state index is 12.9. The largest absolute Gasteiger partial charge is 0.274 e. The van der Waals surface area contributed by atoms with E-state index in [1.165, 1.54) is 4.90 Å². The monoisotopic (exact) mass is 476 g/mol. The van der Waals surface area contributed by atoms with Crippen LogP contribution in [-0.2, 0) is 15.3 Å². The zero-order chi connectivity index (χ0) is 20.8. The van der Waals surface area contributed by atoms with E-state index in [1.54, 1.807) is 29.2 Å². The van der Waals surface area contributed by atoms with Gasteiger partial charge in [0.25, 0.3) is 0 Å². The molecular weight excluding hydrogens is 459 g/mol. The molecule has 0 radical (unpaired) electrons. The number of fused-ring (bicyclic) bond motifs is 2. The van der Waals surface area contributed by atoms with E-state index in [1.807, 2.05) is 30.3 Å². The molecule has 2 atom stereocenters. The van der Waals surface area contributed by atoms with Gasteiger partial charge in [0.2, 0.25) is 11.8 Å². The zero-order valence-corrected chi connectivity index (χ0v) is 19.1. The highest BCUT2D eigenvalue weighted by atomic mass is 35.5. The first kappa shape index (κ1) is 20.3. The lowest BCUT2D eigenvalue weighted by Gasteiger charge is -2.19. The number of halogens is 2. The molecule has 1 aromatic heterocycles. The Hall–Kier alpha value is -1.60. The second-order valence-corrected chi connectivity index (χ2v) is 10.8. The normalized spacial score (nSPS) is 21.5. The molecule has 1 aliphatic heterocycles. The van der Waals surface area contributed by atoms with E-state index >= 15 is 0 Å². The lowest BCUT2D eigenvalue weighted by molar-refractivity contribution is -0.122. The van der Waals surface area contributed by atoms with Crippen molar-refractivity contribution >= 4 is 74.0 Å². The first-order chi connectivity index (χ1) is 14.5. The molecule has 30 heavy (non-hydrogen) atoms. The first-order valence-electron chi connectivity index (χ1n) is 9.86. The van der Waals surface area contributed by atoms with Crippen LogP contribution in [0.1, 0.15) is 31.2 Å². The van der Waals surface area contributed by atoms with Crippen molar-refractivity contribution in [2.75, 3.05) is 4.90 Å². The SMILES string of the molecule is O=C1[C@@H]2CCCC[C@H]2C(=O)N1c1ccc2nc(SCc3ccc(Cl)cc3Cl)sc2c1. The molecule has 8 heteroatoms. The van der Waals surface area contributed by atoms with Crippen LogP contribution in [0.4, 0.5) is 5.69 Å². The summed E-state index contributed by atoms with van der Waals surface area (Å²) in [6.45, 7) is 0. The summed E-state index contributed by atoms with van der Waals surface area (Å²) in [6.07, 6.45) is 3.70. The predicted octanol–water partition coefficient (Wildman–Crippen LogP) is 6.58. The Kier molecular flexibility index (Phi) is 5.52. The zero-order valence-electron chi connectivity index (χ0n) is 15.9. The van der Waals surface area contributed by atoms with Gasteiger partial charge in [-0.1, -0.05) is 53.9 Å². The van der Waals surface area contributed by atoms with Gasteiger partial charge in [-0.05, 0) is 48.7 Å². The van der Waals surface area contributed by atoms with Crippen molar-refractivity contribution in [2.45, 2.75) is 35.8 Å². The van der Waals surface area contributed by atoms with Gasteiger partial charge < -0.3 is 0 Å². The van der Waals surface area contributed by atoms with E-state index in [9.17, 15) is 9.59 Å². The van der Waals surface area contributed by atoms with Gasteiger partial charge in [-0.15, -0.1) is 11.3 Å². The number of rotatable bonds is 4. The van der Waals surface area contributed by atoms with Gasteiger partial charge in [-0.3, -0.25) is 14.5 Å². The van der Waals surface area contributed by atoms with Crippen LogP contribution in [0.3, 0.4) is 0 Å². The number of hydrogen-bond acceptors (Lipinski definition) is 5. The number of hydrogen-bond donors (Lipinski definition) is 0. The fourth-order valence-corrected chi connectivity index (χ4v) is 6.95. The Morgan fingerprint density at radius 2 is 1.77 bits per heavy atom. The van der Waals surface area contributed by atoms with Crippen LogP contribution >= 0.6 is 46.3 Å². The highest BCUT2D eigenvalue weighted by molar-refractivity contribution is 8.00. The van der Waals surface area contributed by atoms with Crippen LogP contribution in [0.5, 0.6) is 0 Å². The molecule has 4 nitrogen and oxygen atoms in total. The minimum absolute atomic E-state index is 0.0412. The lowest BCUT2D eigenvalue weighted by atomic mass is 9.81. The molecule has 154 valence electrons. The van der Waals surface area contributed by atoms with Gasteiger partial charge in [0.05, 0.1) is 27.7 Å². The van der Waals surface area contributed by atoms with Crippen LogP contribution in [0.25, 0.3) is 10.2 Å². The van der Waals surface area contributed by atoms with E-state index in [-0.39, 0.29) is 23.7 Å². The van der Waals surface area contributed by atoms with Gasteiger partial charge in [-0.25, -0.2) is 4.98 Å². The Bertz CT molecular complexity index is 1140. The topological polar surface area (TPSA) is 50.3 Å².